The van der Waals surface area contributed by atoms with E-state index < -0.39 is 0 Å². The summed E-state index contributed by atoms with van der Waals surface area (Å²) < 4.78 is 25.6. The molecule has 1 aromatic heterocycles. The number of benzene rings is 3. The van der Waals surface area contributed by atoms with Crippen LogP contribution in [0.5, 0.6) is 11.5 Å². The summed E-state index contributed by atoms with van der Waals surface area (Å²) in [7, 11) is 0. The molecule has 34 heavy (non-hydrogen) atoms. The molecule has 170 valence electrons. The van der Waals surface area contributed by atoms with Gasteiger partial charge in [0.1, 0.15) is 24.3 Å². The second-order valence-electron chi connectivity index (χ2n) is 7.62. The van der Waals surface area contributed by atoms with Crippen molar-refractivity contribution in [2.75, 3.05) is 6.61 Å². The summed E-state index contributed by atoms with van der Waals surface area (Å²) in [4.78, 5) is 7.46. The first-order valence-corrected chi connectivity index (χ1v) is 11.0. The molecular weight excluding hydrogens is 429 g/mol. The highest BCUT2D eigenvalue weighted by molar-refractivity contribution is 5.90. The molecule has 6 heteroatoms. The van der Waals surface area contributed by atoms with Gasteiger partial charge in [-0.05, 0) is 60.9 Å². The minimum Gasteiger partial charge on any atom is -0.490 e. The zero-order valence-electron chi connectivity index (χ0n) is 18.8. The molecule has 0 radical (unpaired) electrons. The molecule has 0 aliphatic rings. The minimum atomic E-state index is -0.369. The van der Waals surface area contributed by atoms with Crippen LogP contribution in [0.2, 0.25) is 0 Å². The van der Waals surface area contributed by atoms with Crippen molar-refractivity contribution in [2.24, 2.45) is 0 Å². The van der Waals surface area contributed by atoms with Gasteiger partial charge in [-0.15, -0.1) is 6.58 Å². The average Bonchev–Trinajstić information content (AvgIpc) is 3.26. The molecule has 0 saturated carbocycles. The van der Waals surface area contributed by atoms with Crippen LogP contribution in [0, 0.1) is 17.1 Å². The molecule has 0 aliphatic carbocycles. The van der Waals surface area contributed by atoms with Crippen molar-refractivity contribution in [3.63, 3.8) is 0 Å². The third kappa shape index (κ3) is 5.16. The largest absolute Gasteiger partial charge is 0.490 e. The fourth-order valence-electron chi connectivity index (χ4n) is 3.66. The SMILES string of the molecule is C=CCc1cc(/C=C(/C#N)c2nc3ccc(F)cc3[nH]2)cc(OCC)c1OCc1ccccc1. The number of fused-ring (bicyclic) bond motifs is 1. The molecule has 0 fully saturated rings. The van der Waals surface area contributed by atoms with Crippen LogP contribution in [0.1, 0.15) is 29.4 Å². The van der Waals surface area contributed by atoms with Crippen molar-refractivity contribution in [2.45, 2.75) is 20.0 Å². The van der Waals surface area contributed by atoms with E-state index in [2.05, 4.69) is 22.6 Å². The smallest absolute Gasteiger partial charge is 0.165 e. The Morgan fingerprint density at radius 2 is 1.97 bits per heavy atom. The van der Waals surface area contributed by atoms with Gasteiger partial charge in [-0.2, -0.15) is 5.26 Å². The Morgan fingerprint density at radius 3 is 2.71 bits per heavy atom. The number of hydrogen-bond acceptors (Lipinski definition) is 4. The lowest BCUT2D eigenvalue weighted by molar-refractivity contribution is 0.267. The maximum atomic E-state index is 13.6. The molecule has 4 rings (SSSR count). The summed E-state index contributed by atoms with van der Waals surface area (Å²) in [6.07, 6.45) is 4.09. The fraction of sp³-hybridized carbons (Fsp3) is 0.143. The second-order valence-corrected chi connectivity index (χ2v) is 7.62. The van der Waals surface area contributed by atoms with Gasteiger partial charge in [-0.1, -0.05) is 36.4 Å². The molecule has 0 bridgehead atoms. The highest BCUT2D eigenvalue weighted by Gasteiger charge is 2.15. The Kier molecular flexibility index (Phi) is 7.04. The normalized spacial score (nSPS) is 11.3. The zero-order valence-corrected chi connectivity index (χ0v) is 18.8. The number of aromatic nitrogens is 2. The van der Waals surface area contributed by atoms with Gasteiger partial charge >= 0.3 is 0 Å². The highest BCUT2D eigenvalue weighted by atomic mass is 19.1. The van der Waals surface area contributed by atoms with E-state index in [4.69, 9.17) is 9.47 Å². The molecule has 5 nitrogen and oxygen atoms in total. The highest BCUT2D eigenvalue weighted by Crippen LogP contribution is 2.36. The number of halogens is 1. The number of nitrogens with zero attached hydrogens (tertiary/aromatic N) is 2. The summed E-state index contributed by atoms with van der Waals surface area (Å²) >= 11 is 0. The predicted octanol–water partition coefficient (Wildman–Crippen LogP) is 6.47. The monoisotopic (exact) mass is 453 g/mol. The Labute approximate surface area is 197 Å². The van der Waals surface area contributed by atoms with Gasteiger partial charge < -0.3 is 14.5 Å². The summed E-state index contributed by atoms with van der Waals surface area (Å²) in [5, 5.41) is 9.81. The number of H-pyrrole nitrogens is 1. The van der Waals surface area contributed by atoms with E-state index in [1.165, 1.54) is 12.1 Å². The van der Waals surface area contributed by atoms with Crippen molar-refractivity contribution in [3.05, 3.63) is 102 Å². The molecule has 0 unspecified atom stereocenters. The van der Waals surface area contributed by atoms with Crippen LogP contribution in [-0.4, -0.2) is 16.6 Å². The average molecular weight is 454 g/mol. The summed E-state index contributed by atoms with van der Waals surface area (Å²) in [6.45, 7) is 6.64. The van der Waals surface area contributed by atoms with E-state index in [1.54, 1.807) is 18.2 Å². The van der Waals surface area contributed by atoms with E-state index >= 15 is 0 Å². The number of rotatable bonds is 9. The molecule has 1 N–H and O–H groups in total. The topological polar surface area (TPSA) is 70.9 Å². The number of nitrogens with one attached hydrogen (secondary N) is 1. The van der Waals surface area contributed by atoms with Crippen LogP contribution in [-0.2, 0) is 13.0 Å². The summed E-state index contributed by atoms with van der Waals surface area (Å²) in [5.41, 5.74) is 4.14. The Morgan fingerprint density at radius 1 is 1.15 bits per heavy atom. The summed E-state index contributed by atoms with van der Waals surface area (Å²) in [5.74, 6) is 1.25. The molecular formula is C28H24FN3O2. The Balaban J connectivity index is 1.73. The first-order chi connectivity index (χ1) is 16.6. The van der Waals surface area contributed by atoms with Crippen molar-refractivity contribution >= 4 is 22.7 Å². The Hall–Kier alpha value is -4.37. The van der Waals surface area contributed by atoms with E-state index in [0.717, 1.165) is 16.7 Å². The van der Waals surface area contributed by atoms with Crippen LogP contribution in [0.3, 0.4) is 0 Å². The molecule has 3 aromatic carbocycles. The minimum absolute atomic E-state index is 0.321. The van der Waals surface area contributed by atoms with Crippen LogP contribution in [0.4, 0.5) is 4.39 Å². The molecule has 0 atom stereocenters. The first-order valence-electron chi connectivity index (χ1n) is 11.0. The summed E-state index contributed by atoms with van der Waals surface area (Å²) in [6, 6.07) is 20.2. The standard InChI is InChI=1S/C28H24FN3O2/c1-3-8-21-13-20(14-22(17-30)28-31-24-12-11-23(29)16-25(24)32-28)15-26(33-4-2)27(21)34-18-19-9-6-5-7-10-19/h3,5-7,9-16H,1,4,8,18H2,2H3,(H,31,32)/b22-14-. The molecule has 0 aliphatic heterocycles. The maximum Gasteiger partial charge on any atom is 0.165 e. The quantitative estimate of drug-likeness (QED) is 0.233. The number of allylic oxidation sites excluding steroid dienone is 2. The van der Waals surface area contributed by atoms with Gasteiger partial charge in [0.2, 0.25) is 0 Å². The van der Waals surface area contributed by atoms with Crippen molar-refractivity contribution < 1.29 is 13.9 Å². The Bertz CT molecular complexity index is 1380. The van der Waals surface area contributed by atoms with Gasteiger partial charge in [0.05, 0.1) is 23.2 Å². The molecule has 0 spiro atoms. The number of ether oxygens (including phenoxy) is 2. The van der Waals surface area contributed by atoms with E-state index in [9.17, 15) is 9.65 Å². The van der Waals surface area contributed by atoms with Crippen molar-refractivity contribution in [1.82, 2.24) is 9.97 Å². The third-order valence-electron chi connectivity index (χ3n) is 5.17. The lowest BCUT2D eigenvalue weighted by atomic mass is 10.0. The van der Waals surface area contributed by atoms with E-state index in [-0.39, 0.29) is 5.82 Å². The van der Waals surface area contributed by atoms with Crippen molar-refractivity contribution in [1.29, 1.82) is 5.26 Å². The fourth-order valence-corrected chi connectivity index (χ4v) is 3.66. The number of aromatic amines is 1. The van der Waals surface area contributed by atoms with Crippen LogP contribution < -0.4 is 9.47 Å². The first kappa shape index (κ1) is 22.8. The van der Waals surface area contributed by atoms with Gasteiger partial charge in [0.15, 0.2) is 11.5 Å². The lowest BCUT2D eigenvalue weighted by Gasteiger charge is -2.17. The van der Waals surface area contributed by atoms with Gasteiger partial charge in [-0.25, -0.2) is 9.37 Å². The number of imidazole rings is 1. The number of hydrogen-bond donors (Lipinski definition) is 1. The van der Waals surface area contributed by atoms with Gasteiger partial charge in [0.25, 0.3) is 0 Å². The van der Waals surface area contributed by atoms with Crippen LogP contribution in [0.15, 0.2) is 73.3 Å². The third-order valence-corrected chi connectivity index (χ3v) is 5.17. The van der Waals surface area contributed by atoms with Gasteiger partial charge in [0, 0.05) is 5.56 Å². The zero-order chi connectivity index (χ0) is 23.9. The number of nitriles is 1. The van der Waals surface area contributed by atoms with Crippen LogP contribution >= 0.6 is 0 Å². The molecule has 0 amide bonds. The van der Waals surface area contributed by atoms with Gasteiger partial charge in [-0.3, -0.25) is 0 Å². The lowest BCUT2D eigenvalue weighted by Crippen LogP contribution is -2.03. The van der Waals surface area contributed by atoms with Crippen LogP contribution in [0.25, 0.3) is 22.7 Å². The molecule has 0 saturated heterocycles. The molecule has 1 heterocycles. The predicted molar refractivity (Wildman–Crippen MR) is 132 cm³/mol. The maximum absolute atomic E-state index is 13.6. The van der Waals surface area contributed by atoms with Crippen molar-refractivity contribution in [3.8, 4) is 17.6 Å². The molecule has 4 aromatic rings. The second kappa shape index (κ2) is 10.5. The van der Waals surface area contributed by atoms with E-state index in [0.29, 0.717) is 53.6 Å². The van der Waals surface area contributed by atoms with E-state index in [1.807, 2.05) is 49.4 Å².